The van der Waals surface area contributed by atoms with E-state index in [1.807, 2.05) is 0 Å². The van der Waals surface area contributed by atoms with Crippen molar-refractivity contribution < 1.29 is 27.3 Å². The minimum atomic E-state index is -3.53. The smallest absolute Gasteiger partial charge is 0.306 e. The number of benzene rings is 1. The molecule has 0 unspecified atom stereocenters. The predicted molar refractivity (Wildman–Crippen MR) is 101 cm³/mol. The lowest BCUT2D eigenvalue weighted by atomic mass is 10.1. The summed E-state index contributed by atoms with van der Waals surface area (Å²) in [6.07, 6.45) is 0.524. The molecule has 152 valence electrons. The van der Waals surface area contributed by atoms with Crippen LogP contribution >= 0.6 is 0 Å². The van der Waals surface area contributed by atoms with Gasteiger partial charge in [0.1, 0.15) is 5.76 Å². The number of rotatable bonds is 8. The van der Waals surface area contributed by atoms with E-state index in [4.69, 9.17) is 9.26 Å². The molecule has 0 bridgehead atoms. The van der Waals surface area contributed by atoms with Crippen LogP contribution in [0.2, 0.25) is 0 Å². The fraction of sp³-hybridized carbons (Fsp3) is 0.389. The molecule has 0 aliphatic carbocycles. The largest absolute Gasteiger partial charge is 0.456 e. The molecule has 0 saturated carbocycles. The molecule has 1 N–H and O–H groups in total. The SMILES string of the molecule is Cc1noc(C)c1CCC(=O)OCC(=O)Nc1ccc(S(=O)(=O)N(C)C)cc1. The number of aryl methyl sites for hydroxylation is 2. The number of nitrogens with zero attached hydrogens (tertiary/aromatic N) is 2. The van der Waals surface area contributed by atoms with E-state index in [1.165, 1.54) is 38.4 Å². The highest BCUT2D eigenvalue weighted by Crippen LogP contribution is 2.17. The minimum absolute atomic E-state index is 0.104. The highest BCUT2D eigenvalue weighted by Gasteiger charge is 2.17. The third kappa shape index (κ3) is 5.40. The van der Waals surface area contributed by atoms with Gasteiger partial charge in [0.15, 0.2) is 6.61 Å². The van der Waals surface area contributed by atoms with Crippen LogP contribution in [0.5, 0.6) is 0 Å². The number of anilines is 1. The minimum Gasteiger partial charge on any atom is -0.456 e. The summed E-state index contributed by atoms with van der Waals surface area (Å²) in [6, 6.07) is 5.71. The number of hydrogen-bond acceptors (Lipinski definition) is 7. The first-order valence-corrected chi connectivity index (χ1v) is 9.95. The standard InChI is InChI=1S/C18H23N3O6S/c1-12-16(13(2)27-20-12)9-10-18(23)26-11-17(22)19-14-5-7-15(8-6-14)28(24,25)21(3)4/h5-8H,9-11H2,1-4H3,(H,19,22). The molecule has 0 radical (unpaired) electrons. The number of hydrogen-bond donors (Lipinski definition) is 1. The van der Waals surface area contributed by atoms with Crippen LogP contribution in [-0.2, 0) is 30.8 Å². The van der Waals surface area contributed by atoms with E-state index >= 15 is 0 Å². The van der Waals surface area contributed by atoms with Crippen LogP contribution in [0.4, 0.5) is 5.69 Å². The molecule has 2 aromatic rings. The molecular formula is C18H23N3O6S. The maximum Gasteiger partial charge on any atom is 0.306 e. The Balaban J connectivity index is 1.81. The molecule has 10 heteroatoms. The van der Waals surface area contributed by atoms with Crippen LogP contribution in [0.15, 0.2) is 33.7 Å². The van der Waals surface area contributed by atoms with Gasteiger partial charge in [-0.1, -0.05) is 5.16 Å². The van der Waals surface area contributed by atoms with Crippen LogP contribution in [0.3, 0.4) is 0 Å². The zero-order valence-corrected chi connectivity index (χ0v) is 17.0. The number of ether oxygens (including phenoxy) is 1. The summed E-state index contributed by atoms with van der Waals surface area (Å²) in [4.78, 5) is 23.8. The Kier molecular flexibility index (Phi) is 6.92. The molecule has 0 fully saturated rings. The Hall–Kier alpha value is -2.72. The quantitative estimate of drug-likeness (QED) is 0.659. The molecule has 0 atom stereocenters. The maximum absolute atomic E-state index is 12.0. The van der Waals surface area contributed by atoms with E-state index in [1.54, 1.807) is 13.8 Å². The Morgan fingerprint density at radius 1 is 1.18 bits per heavy atom. The molecule has 1 aromatic carbocycles. The van der Waals surface area contributed by atoms with Crippen molar-refractivity contribution in [3.8, 4) is 0 Å². The van der Waals surface area contributed by atoms with Gasteiger partial charge in [-0.15, -0.1) is 0 Å². The van der Waals surface area contributed by atoms with E-state index in [9.17, 15) is 18.0 Å². The Bertz CT molecular complexity index is 929. The van der Waals surface area contributed by atoms with Crippen molar-refractivity contribution in [2.45, 2.75) is 31.6 Å². The van der Waals surface area contributed by atoms with E-state index in [0.29, 0.717) is 17.9 Å². The molecule has 1 heterocycles. The van der Waals surface area contributed by atoms with Crippen LogP contribution in [0.1, 0.15) is 23.4 Å². The molecule has 1 aromatic heterocycles. The number of amides is 1. The first-order valence-electron chi connectivity index (χ1n) is 8.51. The summed E-state index contributed by atoms with van der Waals surface area (Å²) >= 11 is 0. The van der Waals surface area contributed by atoms with Crippen molar-refractivity contribution in [3.05, 3.63) is 41.3 Å². The lowest BCUT2D eigenvalue weighted by Gasteiger charge is -2.12. The molecule has 0 spiro atoms. The van der Waals surface area contributed by atoms with Crippen LogP contribution in [0, 0.1) is 13.8 Å². The van der Waals surface area contributed by atoms with Crippen molar-refractivity contribution >= 4 is 27.6 Å². The van der Waals surface area contributed by atoms with Gasteiger partial charge in [0, 0.05) is 31.8 Å². The summed E-state index contributed by atoms with van der Waals surface area (Å²) in [7, 11) is -0.664. The second-order valence-corrected chi connectivity index (χ2v) is 8.48. The number of sulfonamides is 1. The van der Waals surface area contributed by atoms with Crippen LogP contribution < -0.4 is 5.32 Å². The van der Waals surface area contributed by atoms with Crippen LogP contribution in [-0.4, -0.2) is 50.5 Å². The molecule has 1 amide bonds. The second kappa shape index (κ2) is 8.98. The first kappa shape index (κ1) is 21.6. The average molecular weight is 409 g/mol. The number of aromatic nitrogens is 1. The van der Waals surface area contributed by atoms with Crippen molar-refractivity contribution in [1.82, 2.24) is 9.46 Å². The predicted octanol–water partition coefficient (Wildman–Crippen LogP) is 1.66. The summed E-state index contributed by atoms with van der Waals surface area (Å²) in [5.41, 5.74) is 1.98. The van der Waals surface area contributed by atoms with Crippen molar-refractivity contribution in [1.29, 1.82) is 0 Å². The number of esters is 1. The summed E-state index contributed by atoms with van der Waals surface area (Å²) < 4.78 is 35.1. The van der Waals surface area contributed by atoms with Gasteiger partial charge in [0.05, 0.1) is 10.6 Å². The lowest BCUT2D eigenvalue weighted by Crippen LogP contribution is -2.22. The monoisotopic (exact) mass is 409 g/mol. The molecule has 0 aliphatic rings. The van der Waals surface area contributed by atoms with E-state index < -0.39 is 28.5 Å². The second-order valence-electron chi connectivity index (χ2n) is 6.32. The van der Waals surface area contributed by atoms with Gasteiger partial charge in [-0.3, -0.25) is 9.59 Å². The Morgan fingerprint density at radius 3 is 2.36 bits per heavy atom. The normalized spacial score (nSPS) is 11.5. The third-order valence-electron chi connectivity index (χ3n) is 4.04. The number of nitrogens with one attached hydrogen (secondary N) is 1. The highest BCUT2D eigenvalue weighted by molar-refractivity contribution is 7.89. The zero-order valence-electron chi connectivity index (χ0n) is 16.2. The van der Waals surface area contributed by atoms with E-state index in [2.05, 4.69) is 10.5 Å². The molecule has 0 saturated heterocycles. The summed E-state index contributed by atoms with van der Waals surface area (Å²) in [5, 5.41) is 6.36. The first-order chi connectivity index (χ1) is 13.1. The average Bonchev–Trinajstić information content (AvgIpc) is 2.96. The van der Waals surface area contributed by atoms with Gasteiger partial charge in [0.25, 0.3) is 5.91 Å². The Morgan fingerprint density at radius 2 is 1.82 bits per heavy atom. The lowest BCUT2D eigenvalue weighted by molar-refractivity contribution is -0.147. The summed E-state index contributed by atoms with van der Waals surface area (Å²) in [6.45, 7) is 3.13. The van der Waals surface area contributed by atoms with Gasteiger partial charge in [0.2, 0.25) is 10.0 Å². The molecule has 28 heavy (non-hydrogen) atoms. The van der Waals surface area contributed by atoms with Gasteiger partial charge < -0.3 is 14.6 Å². The van der Waals surface area contributed by atoms with Crippen molar-refractivity contribution in [3.63, 3.8) is 0 Å². The van der Waals surface area contributed by atoms with E-state index in [-0.39, 0.29) is 11.3 Å². The van der Waals surface area contributed by atoms with E-state index in [0.717, 1.165) is 15.6 Å². The fourth-order valence-electron chi connectivity index (χ4n) is 2.42. The molecular weight excluding hydrogens is 386 g/mol. The van der Waals surface area contributed by atoms with Gasteiger partial charge in [-0.05, 0) is 44.5 Å². The highest BCUT2D eigenvalue weighted by atomic mass is 32.2. The van der Waals surface area contributed by atoms with Gasteiger partial charge in [-0.2, -0.15) is 0 Å². The van der Waals surface area contributed by atoms with Crippen molar-refractivity contribution in [2.75, 3.05) is 26.0 Å². The number of carbonyl (C=O) groups is 2. The summed E-state index contributed by atoms with van der Waals surface area (Å²) in [5.74, 6) is -0.376. The fourth-order valence-corrected chi connectivity index (χ4v) is 3.32. The topological polar surface area (TPSA) is 119 Å². The third-order valence-corrected chi connectivity index (χ3v) is 5.87. The maximum atomic E-state index is 12.0. The van der Waals surface area contributed by atoms with Crippen molar-refractivity contribution in [2.24, 2.45) is 0 Å². The molecule has 0 aliphatic heterocycles. The van der Waals surface area contributed by atoms with Gasteiger partial charge in [-0.25, -0.2) is 12.7 Å². The Labute approximate surface area is 163 Å². The molecule has 2 rings (SSSR count). The number of carbonyl (C=O) groups excluding carboxylic acids is 2. The zero-order chi connectivity index (χ0) is 20.9. The van der Waals surface area contributed by atoms with Gasteiger partial charge >= 0.3 is 5.97 Å². The van der Waals surface area contributed by atoms with Crippen LogP contribution in [0.25, 0.3) is 0 Å². The molecule has 9 nitrogen and oxygen atoms in total.